The van der Waals surface area contributed by atoms with E-state index in [9.17, 15) is 0 Å². The number of rotatable bonds is 4. The Balaban J connectivity index is 0.00000154. The van der Waals surface area contributed by atoms with Crippen LogP contribution in [0.15, 0.2) is 12.1 Å². The molecular formula is C18H33N. The normalized spacial score (nSPS) is 10.7. The third-order valence-electron chi connectivity index (χ3n) is 3.13. The molecule has 0 unspecified atom stereocenters. The lowest BCUT2D eigenvalue weighted by Crippen LogP contribution is -2.15. The van der Waals surface area contributed by atoms with Gasteiger partial charge in [0, 0.05) is 11.7 Å². The Hall–Kier alpha value is -0.980. The molecule has 0 aromatic heterocycles. The first kappa shape index (κ1) is 18.0. The maximum absolute atomic E-state index is 3.65. The maximum atomic E-state index is 3.65. The average Bonchev–Trinajstić information content (AvgIpc) is 2.30. The number of aryl methyl sites for hydroxylation is 1. The molecule has 0 aliphatic heterocycles. The van der Waals surface area contributed by atoms with Crippen molar-refractivity contribution in [1.82, 2.24) is 0 Å². The topological polar surface area (TPSA) is 12.0 Å². The Labute approximate surface area is 120 Å². The van der Waals surface area contributed by atoms with Gasteiger partial charge in [-0.1, -0.05) is 53.7 Å². The molecule has 0 radical (unpaired) electrons. The molecule has 110 valence electrons. The van der Waals surface area contributed by atoms with E-state index in [-0.39, 0.29) is 0 Å². The van der Waals surface area contributed by atoms with E-state index in [1.165, 1.54) is 22.4 Å². The quantitative estimate of drug-likeness (QED) is 0.693. The highest BCUT2D eigenvalue weighted by atomic mass is 14.9. The number of nitrogens with one attached hydrogen (secondary N) is 1. The number of anilines is 1. The Kier molecular flexibility index (Phi) is 7.82. The van der Waals surface area contributed by atoms with Gasteiger partial charge in [-0.05, 0) is 49.3 Å². The van der Waals surface area contributed by atoms with Crippen molar-refractivity contribution in [3.05, 3.63) is 28.8 Å². The fraction of sp³-hybridized carbons (Fsp3) is 0.667. The summed E-state index contributed by atoms with van der Waals surface area (Å²) >= 11 is 0. The van der Waals surface area contributed by atoms with E-state index in [4.69, 9.17) is 0 Å². The molecule has 19 heavy (non-hydrogen) atoms. The lowest BCUT2D eigenvalue weighted by Gasteiger charge is -2.24. The van der Waals surface area contributed by atoms with Gasteiger partial charge in [-0.2, -0.15) is 0 Å². The SMILES string of the molecule is CC.Cc1ccc(C(C)C)c(NC(C)C)c1C(C)C. The zero-order chi connectivity index (χ0) is 15.2. The molecule has 0 aliphatic rings. The van der Waals surface area contributed by atoms with Gasteiger partial charge in [-0.3, -0.25) is 0 Å². The standard InChI is InChI=1S/C16H27N.C2H6/c1-10(2)14-9-8-13(7)15(11(3)4)16(14)17-12(5)6;1-2/h8-12,17H,1-7H3;1-2H3. The van der Waals surface area contributed by atoms with Gasteiger partial charge in [-0.25, -0.2) is 0 Å². The van der Waals surface area contributed by atoms with Crippen LogP contribution in [-0.2, 0) is 0 Å². The second kappa shape index (κ2) is 8.24. The molecule has 0 bridgehead atoms. The zero-order valence-electron chi connectivity index (χ0n) is 14.4. The summed E-state index contributed by atoms with van der Waals surface area (Å²) < 4.78 is 0. The first-order chi connectivity index (χ1) is 8.84. The highest BCUT2D eigenvalue weighted by Gasteiger charge is 2.16. The fourth-order valence-corrected chi connectivity index (χ4v) is 2.42. The van der Waals surface area contributed by atoms with E-state index in [2.05, 4.69) is 65.9 Å². The van der Waals surface area contributed by atoms with Gasteiger partial charge in [0.2, 0.25) is 0 Å². The summed E-state index contributed by atoms with van der Waals surface area (Å²) in [6, 6.07) is 5.01. The van der Waals surface area contributed by atoms with Crippen molar-refractivity contribution in [1.29, 1.82) is 0 Å². The van der Waals surface area contributed by atoms with E-state index in [1.807, 2.05) is 13.8 Å². The molecule has 0 amide bonds. The summed E-state index contributed by atoms with van der Waals surface area (Å²) in [5.41, 5.74) is 5.68. The zero-order valence-corrected chi connectivity index (χ0v) is 14.4. The van der Waals surface area contributed by atoms with Crippen LogP contribution in [0.1, 0.15) is 83.9 Å². The van der Waals surface area contributed by atoms with Crippen molar-refractivity contribution < 1.29 is 0 Å². The summed E-state index contributed by atoms with van der Waals surface area (Å²) in [7, 11) is 0. The molecule has 1 heteroatoms. The second-order valence-electron chi connectivity index (χ2n) is 5.87. The predicted octanol–water partition coefficient (Wildman–Crippen LogP) is 6.09. The van der Waals surface area contributed by atoms with Gasteiger partial charge in [0.05, 0.1) is 0 Å². The number of hydrogen-bond acceptors (Lipinski definition) is 1. The van der Waals surface area contributed by atoms with Crippen molar-refractivity contribution >= 4 is 5.69 Å². The van der Waals surface area contributed by atoms with E-state index in [1.54, 1.807) is 0 Å². The summed E-state index contributed by atoms with van der Waals surface area (Å²) in [6.07, 6.45) is 0. The maximum Gasteiger partial charge on any atom is 0.0415 e. The summed E-state index contributed by atoms with van der Waals surface area (Å²) in [4.78, 5) is 0. The van der Waals surface area contributed by atoms with Crippen molar-refractivity contribution in [3.63, 3.8) is 0 Å². The molecule has 1 aromatic rings. The van der Waals surface area contributed by atoms with E-state index in [0.29, 0.717) is 17.9 Å². The number of hydrogen-bond donors (Lipinski definition) is 1. The molecule has 0 saturated heterocycles. The molecular weight excluding hydrogens is 230 g/mol. The minimum Gasteiger partial charge on any atom is -0.382 e. The van der Waals surface area contributed by atoms with Gasteiger partial charge in [-0.15, -0.1) is 0 Å². The Morgan fingerprint density at radius 2 is 1.37 bits per heavy atom. The number of benzene rings is 1. The van der Waals surface area contributed by atoms with E-state index < -0.39 is 0 Å². The van der Waals surface area contributed by atoms with Crippen LogP contribution in [0, 0.1) is 6.92 Å². The molecule has 0 fully saturated rings. The molecule has 0 saturated carbocycles. The van der Waals surface area contributed by atoms with Gasteiger partial charge >= 0.3 is 0 Å². The predicted molar refractivity (Wildman–Crippen MR) is 89.5 cm³/mol. The Morgan fingerprint density at radius 3 is 1.74 bits per heavy atom. The Morgan fingerprint density at radius 1 is 0.842 bits per heavy atom. The molecule has 0 heterocycles. The summed E-state index contributed by atoms with van der Waals surface area (Å²) in [6.45, 7) is 19.7. The van der Waals surface area contributed by atoms with Crippen molar-refractivity contribution in [2.24, 2.45) is 0 Å². The summed E-state index contributed by atoms with van der Waals surface area (Å²) in [5.74, 6) is 1.13. The molecule has 0 spiro atoms. The molecule has 0 aliphatic carbocycles. The average molecular weight is 263 g/mol. The van der Waals surface area contributed by atoms with Crippen LogP contribution in [0.4, 0.5) is 5.69 Å². The van der Waals surface area contributed by atoms with Gasteiger partial charge in [0.1, 0.15) is 0 Å². The van der Waals surface area contributed by atoms with E-state index >= 15 is 0 Å². The molecule has 0 atom stereocenters. The lowest BCUT2D eigenvalue weighted by atomic mass is 9.89. The minimum atomic E-state index is 0.479. The van der Waals surface area contributed by atoms with Gasteiger partial charge in [0.15, 0.2) is 0 Å². The molecule has 1 aromatic carbocycles. The van der Waals surface area contributed by atoms with Crippen LogP contribution in [0.5, 0.6) is 0 Å². The molecule has 1 N–H and O–H groups in total. The van der Waals surface area contributed by atoms with Crippen molar-refractivity contribution in [2.45, 2.75) is 80.2 Å². The third-order valence-corrected chi connectivity index (χ3v) is 3.13. The van der Waals surface area contributed by atoms with Gasteiger partial charge < -0.3 is 5.32 Å². The van der Waals surface area contributed by atoms with Crippen LogP contribution in [0.25, 0.3) is 0 Å². The minimum absolute atomic E-state index is 0.479. The van der Waals surface area contributed by atoms with Crippen LogP contribution < -0.4 is 5.32 Å². The highest BCUT2D eigenvalue weighted by Crippen LogP contribution is 2.35. The summed E-state index contributed by atoms with van der Waals surface area (Å²) in [5, 5.41) is 3.65. The molecule has 1 rings (SSSR count). The van der Waals surface area contributed by atoms with Gasteiger partial charge in [0.25, 0.3) is 0 Å². The lowest BCUT2D eigenvalue weighted by molar-refractivity contribution is 0.809. The Bertz CT molecular complexity index is 376. The first-order valence-corrected chi connectivity index (χ1v) is 7.74. The molecule has 1 nitrogen and oxygen atoms in total. The van der Waals surface area contributed by atoms with Crippen molar-refractivity contribution in [3.8, 4) is 0 Å². The van der Waals surface area contributed by atoms with Crippen LogP contribution in [-0.4, -0.2) is 6.04 Å². The van der Waals surface area contributed by atoms with E-state index in [0.717, 1.165) is 0 Å². The monoisotopic (exact) mass is 263 g/mol. The smallest absolute Gasteiger partial charge is 0.0415 e. The van der Waals surface area contributed by atoms with Crippen LogP contribution >= 0.6 is 0 Å². The van der Waals surface area contributed by atoms with Crippen LogP contribution in [0.2, 0.25) is 0 Å². The fourth-order valence-electron chi connectivity index (χ4n) is 2.42. The van der Waals surface area contributed by atoms with Crippen molar-refractivity contribution in [2.75, 3.05) is 5.32 Å². The second-order valence-corrected chi connectivity index (χ2v) is 5.87. The first-order valence-electron chi connectivity index (χ1n) is 7.74. The largest absolute Gasteiger partial charge is 0.382 e. The third kappa shape index (κ3) is 4.89. The van der Waals surface area contributed by atoms with Crippen LogP contribution in [0.3, 0.4) is 0 Å². The highest BCUT2D eigenvalue weighted by molar-refractivity contribution is 5.63.